The molecular formula is C50H29N3. The standard InChI is InChI=1S/C50H29N3/c1-3-15-32(16-4-1)51(33-17-5-2-6-18-33)43-24-12-23-37-36-21-11-22-38-40-28-45-41(29-44(40)52(48(36)38)49(37)43)42-27-31-14-8-9-19-34(31)46-39-26-25-30-13-7-10-20-35(30)47(39)53(45)50(42)46/h1-29H. The topological polar surface area (TPSA) is 12.1 Å². The van der Waals surface area contributed by atoms with E-state index in [-0.39, 0.29) is 0 Å². The highest BCUT2D eigenvalue weighted by molar-refractivity contribution is 6.35. The van der Waals surface area contributed by atoms with Crippen molar-refractivity contribution in [3.63, 3.8) is 0 Å². The van der Waals surface area contributed by atoms with Crippen LogP contribution in [0.5, 0.6) is 0 Å². The molecule has 13 aromatic rings. The smallest absolute Gasteiger partial charge is 0.0782 e. The van der Waals surface area contributed by atoms with Crippen molar-refractivity contribution in [2.75, 3.05) is 4.90 Å². The van der Waals surface area contributed by atoms with Gasteiger partial charge in [-0.25, -0.2) is 0 Å². The number of nitrogens with zero attached hydrogens (tertiary/aromatic N) is 3. The highest BCUT2D eigenvalue weighted by Gasteiger charge is 2.26. The van der Waals surface area contributed by atoms with E-state index in [0.29, 0.717) is 0 Å². The summed E-state index contributed by atoms with van der Waals surface area (Å²) in [5.74, 6) is 0. The lowest BCUT2D eigenvalue weighted by Gasteiger charge is -2.26. The minimum atomic E-state index is 1.13. The highest BCUT2D eigenvalue weighted by Crippen LogP contribution is 2.49. The van der Waals surface area contributed by atoms with Gasteiger partial charge in [-0.3, -0.25) is 0 Å². The largest absolute Gasteiger partial charge is 0.308 e. The van der Waals surface area contributed by atoms with Crippen molar-refractivity contribution in [2.24, 2.45) is 0 Å². The van der Waals surface area contributed by atoms with E-state index in [1.165, 1.54) is 97.7 Å². The summed E-state index contributed by atoms with van der Waals surface area (Å²) in [5, 5.41) is 15.5. The number of fused-ring (bicyclic) bond motifs is 16. The van der Waals surface area contributed by atoms with E-state index >= 15 is 0 Å². The second-order valence-corrected chi connectivity index (χ2v) is 14.5. The lowest BCUT2D eigenvalue weighted by Crippen LogP contribution is -2.10. The van der Waals surface area contributed by atoms with E-state index in [0.717, 1.165) is 17.1 Å². The van der Waals surface area contributed by atoms with Crippen molar-refractivity contribution in [3.8, 4) is 0 Å². The lowest BCUT2D eigenvalue weighted by atomic mass is 9.98. The summed E-state index contributed by atoms with van der Waals surface area (Å²) in [6.07, 6.45) is 0. The molecule has 0 atom stereocenters. The predicted molar refractivity (Wildman–Crippen MR) is 225 cm³/mol. The number of hydrogen-bond donors (Lipinski definition) is 0. The van der Waals surface area contributed by atoms with Crippen molar-refractivity contribution in [1.82, 2.24) is 8.80 Å². The third-order valence-corrected chi connectivity index (χ3v) is 11.9. The molecule has 13 rings (SSSR count). The van der Waals surface area contributed by atoms with Gasteiger partial charge in [0.05, 0.1) is 38.8 Å². The van der Waals surface area contributed by atoms with Gasteiger partial charge in [0.15, 0.2) is 0 Å². The van der Waals surface area contributed by atoms with Gasteiger partial charge >= 0.3 is 0 Å². The van der Waals surface area contributed by atoms with Crippen LogP contribution in [0.3, 0.4) is 0 Å². The molecule has 0 amide bonds. The molecule has 9 aromatic carbocycles. The second-order valence-electron chi connectivity index (χ2n) is 14.5. The van der Waals surface area contributed by atoms with Crippen LogP contribution in [0.25, 0.3) is 97.7 Å². The van der Waals surface area contributed by atoms with E-state index in [4.69, 9.17) is 0 Å². The Hall–Kier alpha value is -7.10. The minimum Gasteiger partial charge on any atom is -0.308 e. The Morgan fingerprint density at radius 3 is 1.57 bits per heavy atom. The van der Waals surface area contributed by atoms with Gasteiger partial charge in [0.1, 0.15) is 0 Å². The normalized spacial score (nSPS) is 12.5. The van der Waals surface area contributed by atoms with Gasteiger partial charge < -0.3 is 13.7 Å². The van der Waals surface area contributed by atoms with Gasteiger partial charge in [0.25, 0.3) is 0 Å². The first kappa shape index (κ1) is 27.6. The van der Waals surface area contributed by atoms with Gasteiger partial charge in [-0.2, -0.15) is 0 Å². The quantitative estimate of drug-likeness (QED) is 0.182. The van der Waals surface area contributed by atoms with Crippen molar-refractivity contribution in [1.29, 1.82) is 0 Å². The van der Waals surface area contributed by atoms with Crippen LogP contribution in [0.2, 0.25) is 0 Å². The van der Waals surface area contributed by atoms with Crippen molar-refractivity contribution < 1.29 is 0 Å². The van der Waals surface area contributed by atoms with Gasteiger partial charge in [-0.1, -0.05) is 127 Å². The fraction of sp³-hybridized carbons (Fsp3) is 0. The molecule has 3 nitrogen and oxygen atoms in total. The monoisotopic (exact) mass is 671 g/mol. The van der Waals surface area contributed by atoms with Crippen LogP contribution in [0.1, 0.15) is 0 Å². The molecule has 4 heterocycles. The second kappa shape index (κ2) is 9.81. The van der Waals surface area contributed by atoms with E-state index in [1.54, 1.807) is 0 Å². The van der Waals surface area contributed by atoms with Crippen LogP contribution in [0.4, 0.5) is 17.1 Å². The molecule has 53 heavy (non-hydrogen) atoms. The number of rotatable bonds is 3. The Labute approximate surface area is 303 Å². The summed E-state index contributed by atoms with van der Waals surface area (Å²) >= 11 is 0. The van der Waals surface area contributed by atoms with E-state index in [1.807, 2.05) is 0 Å². The van der Waals surface area contributed by atoms with Crippen molar-refractivity contribution in [2.45, 2.75) is 0 Å². The molecule has 0 spiro atoms. The molecule has 244 valence electrons. The summed E-state index contributed by atoms with van der Waals surface area (Å²) in [6.45, 7) is 0. The molecule has 0 unspecified atom stereocenters. The molecular weight excluding hydrogens is 643 g/mol. The summed E-state index contributed by atoms with van der Waals surface area (Å²) < 4.78 is 5.14. The Morgan fingerprint density at radius 1 is 0.302 bits per heavy atom. The molecule has 0 fully saturated rings. The van der Waals surface area contributed by atoms with E-state index in [2.05, 4.69) is 190 Å². The summed E-state index contributed by atoms with van der Waals surface area (Å²) in [5.41, 5.74) is 11.0. The van der Waals surface area contributed by atoms with E-state index < -0.39 is 0 Å². The number of benzene rings is 9. The summed E-state index contributed by atoms with van der Waals surface area (Å²) in [4.78, 5) is 2.41. The lowest BCUT2D eigenvalue weighted by molar-refractivity contribution is 1.27. The predicted octanol–water partition coefficient (Wildman–Crippen LogP) is 13.8. The molecule has 0 aliphatic carbocycles. The van der Waals surface area contributed by atoms with Gasteiger partial charge in [-0.05, 0) is 64.7 Å². The highest BCUT2D eigenvalue weighted by atomic mass is 15.2. The molecule has 3 heteroatoms. The van der Waals surface area contributed by atoms with E-state index in [9.17, 15) is 0 Å². The van der Waals surface area contributed by atoms with Crippen LogP contribution in [-0.2, 0) is 0 Å². The maximum absolute atomic E-state index is 2.58. The average molecular weight is 672 g/mol. The molecule has 0 aliphatic rings. The van der Waals surface area contributed by atoms with Crippen LogP contribution >= 0.6 is 0 Å². The Kier molecular flexibility index (Phi) is 5.11. The molecule has 0 saturated heterocycles. The van der Waals surface area contributed by atoms with Crippen LogP contribution in [0, 0.1) is 0 Å². The Morgan fingerprint density at radius 2 is 0.830 bits per heavy atom. The van der Waals surface area contributed by atoms with Gasteiger partial charge in [0.2, 0.25) is 0 Å². The minimum absolute atomic E-state index is 1.13. The Bertz CT molecular complexity index is 3570. The zero-order chi connectivity index (χ0) is 34.4. The maximum Gasteiger partial charge on any atom is 0.0782 e. The summed E-state index contributed by atoms with van der Waals surface area (Å²) in [7, 11) is 0. The number of para-hydroxylation sites is 4. The Balaban J connectivity index is 1.24. The van der Waals surface area contributed by atoms with Crippen LogP contribution < -0.4 is 4.90 Å². The number of anilines is 3. The number of aromatic nitrogens is 2. The molecule has 0 aliphatic heterocycles. The molecule has 0 N–H and O–H groups in total. The summed E-state index contributed by atoms with van der Waals surface area (Å²) in [6, 6.07) is 65.0. The zero-order valence-electron chi connectivity index (χ0n) is 28.6. The fourth-order valence-electron chi connectivity index (χ4n) is 9.79. The third kappa shape index (κ3) is 3.40. The molecule has 4 aromatic heterocycles. The number of hydrogen-bond acceptors (Lipinski definition) is 1. The first-order chi connectivity index (χ1) is 26.3. The molecule has 0 radical (unpaired) electrons. The SMILES string of the molecule is c1ccc(N(c2ccccc2)c2cccc3c4cccc5c6cc7c(cc6n(c23)c54)c2cc3ccccc3c3c4ccc5ccccc5c4n7c23)cc1. The third-order valence-electron chi connectivity index (χ3n) is 11.9. The molecule has 0 bridgehead atoms. The maximum atomic E-state index is 2.58. The average Bonchev–Trinajstić information content (AvgIpc) is 3.94. The van der Waals surface area contributed by atoms with Crippen molar-refractivity contribution >= 4 is 115 Å². The van der Waals surface area contributed by atoms with Crippen molar-refractivity contribution in [3.05, 3.63) is 176 Å². The van der Waals surface area contributed by atoms with Gasteiger partial charge in [0, 0.05) is 59.9 Å². The fourth-order valence-corrected chi connectivity index (χ4v) is 9.79. The first-order valence-electron chi connectivity index (χ1n) is 18.4. The molecule has 0 saturated carbocycles. The van der Waals surface area contributed by atoms with Gasteiger partial charge in [-0.15, -0.1) is 0 Å². The first-order valence-corrected chi connectivity index (χ1v) is 18.4. The van der Waals surface area contributed by atoms with Crippen LogP contribution in [0.15, 0.2) is 176 Å². The van der Waals surface area contributed by atoms with Crippen LogP contribution in [-0.4, -0.2) is 8.80 Å². The zero-order valence-corrected chi connectivity index (χ0v) is 28.6.